The summed E-state index contributed by atoms with van der Waals surface area (Å²) in [5.41, 5.74) is 12.3. The van der Waals surface area contributed by atoms with E-state index in [4.69, 9.17) is 4.42 Å². The van der Waals surface area contributed by atoms with Gasteiger partial charge in [0.15, 0.2) is 0 Å². The molecule has 0 bridgehead atoms. The molecule has 1 heterocycles. The first-order valence-electron chi connectivity index (χ1n) is 11.5. The Morgan fingerprint density at radius 3 is 1.82 bits per heavy atom. The standard InChI is InChI=1S/C32H26O/c1-5-13-23-21(4)31(33-29(23)6-2)30-20(3)22-14-7-10-17-26(22)32(30)27-18-11-8-15-24(27)25-16-9-12-19-28(25)32/h5-19H,2H2,1,3-4H3/b13-5-. The van der Waals surface area contributed by atoms with Crippen LogP contribution < -0.4 is 0 Å². The monoisotopic (exact) mass is 426 g/mol. The van der Waals surface area contributed by atoms with Gasteiger partial charge in [-0.1, -0.05) is 91.5 Å². The average Bonchev–Trinajstić information content (AvgIpc) is 3.42. The average molecular weight is 427 g/mol. The van der Waals surface area contributed by atoms with Crippen molar-refractivity contribution in [2.75, 3.05) is 0 Å². The van der Waals surface area contributed by atoms with Gasteiger partial charge in [0, 0.05) is 16.7 Å². The lowest BCUT2D eigenvalue weighted by Crippen LogP contribution is -2.26. The highest BCUT2D eigenvalue weighted by atomic mass is 16.3. The maximum Gasteiger partial charge on any atom is 0.136 e. The van der Waals surface area contributed by atoms with E-state index < -0.39 is 5.41 Å². The van der Waals surface area contributed by atoms with Crippen LogP contribution in [0.1, 0.15) is 58.7 Å². The molecular weight excluding hydrogens is 400 g/mol. The number of benzene rings is 3. The fourth-order valence-electron chi connectivity index (χ4n) is 6.14. The third-order valence-electron chi connectivity index (χ3n) is 7.41. The van der Waals surface area contributed by atoms with Gasteiger partial charge >= 0.3 is 0 Å². The highest BCUT2D eigenvalue weighted by molar-refractivity contribution is 6.09. The molecule has 1 spiro atoms. The Balaban J connectivity index is 1.80. The molecule has 160 valence electrons. The van der Waals surface area contributed by atoms with Gasteiger partial charge in [0.1, 0.15) is 11.5 Å². The van der Waals surface area contributed by atoms with Crippen molar-refractivity contribution >= 4 is 23.3 Å². The summed E-state index contributed by atoms with van der Waals surface area (Å²) in [6, 6.07) is 26.6. The zero-order chi connectivity index (χ0) is 22.7. The molecule has 0 unspecified atom stereocenters. The molecule has 2 aliphatic rings. The lowest BCUT2D eigenvalue weighted by molar-refractivity contribution is 0.533. The molecule has 0 fully saturated rings. The Morgan fingerprint density at radius 1 is 0.758 bits per heavy atom. The van der Waals surface area contributed by atoms with Crippen LogP contribution in [0.5, 0.6) is 0 Å². The molecule has 0 amide bonds. The Kier molecular flexibility index (Phi) is 4.25. The maximum atomic E-state index is 6.62. The molecule has 1 nitrogen and oxygen atoms in total. The van der Waals surface area contributed by atoms with Gasteiger partial charge in [0.25, 0.3) is 0 Å². The summed E-state index contributed by atoms with van der Waals surface area (Å²) >= 11 is 0. The van der Waals surface area contributed by atoms with Crippen LogP contribution in [0.2, 0.25) is 0 Å². The summed E-state index contributed by atoms with van der Waals surface area (Å²) < 4.78 is 6.62. The van der Waals surface area contributed by atoms with Crippen LogP contribution in [0.15, 0.2) is 89.9 Å². The summed E-state index contributed by atoms with van der Waals surface area (Å²) in [5, 5.41) is 0. The fraction of sp³-hybridized carbons (Fsp3) is 0.125. The summed E-state index contributed by atoms with van der Waals surface area (Å²) in [4.78, 5) is 0. The van der Waals surface area contributed by atoms with E-state index in [0.717, 1.165) is 22.6 Å². The van der Waals surface area contributed by atoms with Gasteiger partial charge in [0.2, 0.25) is 0 Å². The molecule has 3 aromatic carbocycles. The number of furan rings is 1. The second kappa shape index (κ2) is 7.08. The second-order valence-corrected chi connectivity index (χ2v) is 8.92. The molecule has 0 atom stereocenters. The molecule has 0 saturated heterocycles. The second-order valence-electron chi connectivity index (χ2n) is 8.92. The SMILES string of the molecule is C=Cc1oc(C2=C(C)c3ccccc3C23c2ccccc2-c2ccccc23)c(C)c1/C=C\C. The van der Waals surface area contributed by atoms with E-state index in [0.29, 0.717) is 0 Å². The van der Waals surface area contributed by atoms with E-state index in [-0.39, 0.29) is 0 Å². The largest absolute Gasteiger partial charge is 0.456 e. The highest BCUT2D eigenvalue weighted by Crippen LogP contribution is 2.64. The Bertz CT molecular complexity index is 1460. The van der Waals surface area contributed by atoms with Crippen molar-refractivity contribution in [3.63, 3.8) is 0 Å². The number of fused-ring (bicyclic) bond motifs is 7. The van der Waals surface area contributed by atoms with Crippen molar-refractivity contribution in [2.45, 2.75) is 26.2 Å². The summed E-state index contributed by atoms with van der Waals surface area (Å²) in [7, 11) is 0. The summed E-state index contributed by atoms with van der Waals surface area (Å²) in [5.74, 6) is 1.78. The minimum Gasteiger partial charge on any atom is -0.456 e. The van der Waals surface area contributed by atoms with Crippen LogP contribution in [-0.2, 0) is 5.41 Å². The Morgan fingerprint density at radius 2 is 1.27 bits per heavy atom. The van der Waals surface area contributed by atoms with Crippen molar-refractivity contribution in [3.05, 3.63) is 130 Å². The van der Waals surface area contributed by atoms with Gasteiger partial charge in [-0.25, -0.2) is 0 Å². The van der Waals surface area contributed by atoms with Crippen LogP contribution in [-0.4, -0.2) is 0 Å². The van der Waals surface area contributed by atoms with Crippen LogP contribution in [0.25, 0.3) is 34.4 Å². The Labute approximate surface area is 195 Å². The molecule has 2 aliphatic carbocycles. The van der Waals surface area contributed by atoms with E-state index in [1.54, 1.807) is 0 Å². The topological polar surface area (TPSA) is 13.1 Å². The normalized spacial score (nSPS) is 15.2. The maximum absolute atomic E-state index is 6.62. The number of rotatable bonds is 3. The number of hydrogen-bond acceptors (Lipinski definition) is 1. The first kappa shape index (κ1) is 19.8. The van der Waals surface area contributed by atoms with Crippen molar-refractivity contribution < 1.29 is 4.42 Å². The number of allylic oxidation sites excluding steroid dienone is 3. The first-order valence-corrected chi connectivity index (χ1v) is 11.5. The molecular formula is C32H26O. The van der Waals surface area contributed by atoms with Gasteiger partial charge in [-0.2, -0.15) is 0 Å². The molecule has 0 saturated carbocycles. The van der Waals surface area contributed by atoms with Gasteiger partial charge in [-0.15, -0.1) is 0 Å². The zero-order valence-electron chi connectivity index (χ0n) is 19.3. The van der Waals surface area contributed by atoms with Gasteiger partial charge < -0.3 is 4.42 Å². The predicted molar refractivity (Wildman–Crippen MR) is 139 cm³/mol. The first-order chi connectivity index (χ1) is 16.1. The van der Waals surface area contributed by atoms with E-state index >= 15 is 0 Å². The van der Waals surface area contributed by atoms with Crippen molar-refractivity contribution in [1.82, 2.24) is 0 Å². The van der Waals surface area contributed by atoms with Crippen LogP contribution >= 0.6 is 0 Å². The van der Waals surface area contributed by atoms with Crippen molar-refractivity contribution in [2.24, 2.45) is 0 Å². The molecule has 6 rings (SSSR count). The lowest BCUT2D eigenvalue weighted by Gasteiger charge is -2.32. The van der Waals surface area contributed by atoms with Gasteiger partial charge in [-0.05, 0) is 65.8 Å². The van der Waals surface area contributed by atoms with Crippen LogP contribution in [0.4, 0.5) is 0 Å². The minimum absolute atomic E-state index is 0.401. The summed E-state index contributed by atoms with van der Waals surface area (Å²) in [6.45, 7) is 10.5. The highest BCUT2D eigenvalue weighted by Gasteiger charge is 2.53. The summed E-state index contributed by atoms with van der Waals surface area (Å²) in [6.07, 6.45) is 6.02. The van der Waals surface area contributed by atoms with E-state index in [1.807, 2.05) is 13.0 Å². The van der Waals surface area contributed by atoms with E-state index in [9.17, 15) is 0 Å². The minimum atomic E-state index is -0.401. The molecule has 0 radical (unpaired) electrons. The Hall–Kier alpha value is -3.84. The van der Waals surface area contributed by atoms with Crippen molar-refractivity contribution in [3.8, 4) is 11.1 Å². The zero-order valence-corrected chi connectivity index (χ0v) is 19.3. The third-order valence-corrected chi connectivity index (χ3v) is 7.41. The smallest absolute Gasteiger partial charge is 0.136 e. The molecule has 1 aromatic heterocycles. The van der Waals surface area contributed by atoms with E-state index in [1.165, 1.54) is 44.5 Å². The number of hydrogen-bond donors (Lipinski definition) is 0. The molecule has 1 heteroatoms. The quantitative estimate of drug-likeness (QED) is 0.320. The molecule has 33 heavy (non-hydrogen) atoms. The molecule has 0 aliphatic heterocycles. The van der Waals surface area contributed by atoms with Gasteiger partial charge in [0.05, 0.1) is 5.41 Å². The van der Waals surface area contributed by atoms with Gasteiger partial charge in [-0.3, -0.25) is 0 Å². The van der Waals surface area contributed by atoms with Crippen molar-refractivity contribution in [1.29, 1.82) is 0 Å². The molecule has 4 aromatic rings. The molecule has 0 N–H and O–H groups in total. The van der Waals surface area contributed by atoms with Crippen LogP contribution in [0, 0.1) is 6.92 Å². The fourth-order valence-corrected chi connectivity index (χ4v) is 6.14. The van der Waals surface area contributed by atoms with Crippen LogP contribution in [0.3, 0.4) is 0 Å². The predicted octanol–water partition coefficient (Wildman–Crippen LogP) is 8.52. The lowest BCUT2D eigenvalue weighted by atomic mass is 9.68. The third kappa shape index (κ3) is 2.37. The van der Waals surface area contributed by atoms with E-state index in [2.05, 4.69) is 105 Å².